The highest BCUT2D eigenvalue weighted by molar-refractivity contribution is 7.10. The van der Waals surface area contributed by atoms with Gasteiger partial charge in [0.15, 0.2) is 0 Å². The summed E-state index contributed by atoms with van der Waals surface area (Å²) in [4.78, 5) is 4.35. The Kier molecular flexibility index (Phi) is 3.73. The van der Waals surface area contributed by atoms with E-state index in [0.29, 0.717) is 6.04 Å². The molecule has 0 aromatic carbocycles. The molecule has 0 saturated carbocycles. The third-order valence-electron chi connectivity index (χ3n) is 4.71. The largest absolute Gasteiger partial charge is 0.328 e. The van der Waals surface area contributed by atoms with Gasteiger partial charge in [-0.2, -0.15) is 0 Å². The van der Waals surface area contributed by atoms with Crippen LogP contribution in [0.3, 0.4) is 0 Å². The Morgan fingerprint density at radius 1 is 1.33 bits per heavy atom. The molecule has 0 spiro atoms. The molecule has 2 aliphatic heterocycles. The monoisotopic (exact) mass is 264 g/mol. The lowest BCUT2D eigenvalue weighted by Gasteiger charge is -2.48. The van der Waals surface area contributed by atoms with E-state index in [1.54, 1.807) is 10.4 Å². The van der Waals surface area contributed by atoms with Crippen molar-refractivity contribution in [3.8, 4) is 0 Å². The summed E-state index contributed by atoms with van der Waals surface area (Å²) in [5, 5.41) is 2.25. The van der Waals surface area contributed by atoms with Gasteiger partial charge in [0.2, 0.25) is 0 Å². The lowest BCUT2D eigenvalue weighted by molar-refractivity contribution is 0.0252. The maximum absolute atomic E-state index is 6.19. The fraction of sp³-hybridized carbons (Fsp3) is 0.733. The van der Waals surface area contributed by atoms with Crippen molar-refractivity contribution in [3.05, 3.63) is 21.9 Å². The van der Waals surface area contributed by atoms with E-state index in [2.05, 4.69) is 23.3 Å². The molecule has 2 N–H and O–H groups in total. The summed E-state index contributed by atoms with van der Waals surface area (Å²) < 4.78 is 0. The number of aryl methyl sites for hydroxylation is 1. The van der Waals surface area contributed by atoms with Crippen LogP contribution in [0.15, 0.2) is 11.4 Å². The first-order valence-corrected chi connectivity index (χ1v) is 8.22. The van der Waals surface area contributed by atoms with E-state index in [4.69, 9.17) is 5.73 Å². The lowest BCUT2D eigenvalue weighted by atomic mass is 9.82. The van der Waals surface area contributed by atoms with Crippen molar-refractivity contribution in [3.63, 3.8) is 0 Å². The van der Waals surface area contributed by atoms with Gasteiger partial charge in [-0.15, -0.1) is 11.3 Å². The molecule has 2 fully saturated rings. The Bertz CT molecular complexity index is 387. The van der Waals surface area contributed by atoms with Gasteiger partial charge in [-0.05, 0) is 49.1 Å². The first-order chi connectivity index (χ1) is 8.78. The average molecular weight is 264 g/mol. The second kappa shape index (κ2) is 5.32. The number of thiophene rings is 1. The van der Waals surface area contributed by atoms with Crippen LogP contribution < -0.4 is 5.73 Å². The molecule has 1 aromatic rings. The van der Waals surface area contributed by atoms with Gasteiger partial charge in [0.05, 0.1) is 0 Å². The molecular formula is C15H24N2S. The van der Waals surface area contributed by atoms with Crippen molar-refractivity contribution in [1.82, 2.24) is 4.90 Å². The minimum absolute atomic E-state index is 0.450. The van der Waals surface area contributed by atoms with Gasteiger partial charge < -0.3 is 5.73 Å². The highest BCUT2D eigenvalue weighted by Gasteiger charge is 2.37. The maximum atomic E-state index is 6.19. The number of nitrogens with two attached hydrogens (primary N) is 1. The number of rotatable bonds is 3. The predicted molar refractivity (Wildman–Crippen MR) is 77.9 cm³/mol. The Balaban J connectivity index is 1.76. The standard InChI is InChI=1S/C15H24N2S/c1-2-11-6-7-18-15(11)10-17-13-4-3-5-14(17)9-12(16)8-13/h6-7,12-14H,2-5,8-10,16H2,1H3. The molecular weight excluding hydrogens is 240 g/mol. The van der Waals surface area contributed by atoms with Crippen LogP contribution in [0.4, 0.5) is 0 Å². The highest BCUT2D eigenvalue weighted by Crippen LogP contribution is 2.35. The second-order valence-corrected chi connectivity index (χ2v) is 6.87. The number of piperidine rings is 2. The fourth-order valence-corrected chi connectivity index (χ4v) is 4.75. The van der Waals surface area contributed by atoms with E-state index >= 15 is 0 Å². The normalized spacial score (nSPS) is 32.7. The molecule has 0 radical (unpaired) electrons. The highest BCUT2D eigenvalue weighted by atomic mass is 32.1. The molecule has 2 unspecified atom stereocenters. The van der Waals surface area contributed by atoms with Crippen LogP contribution in [0, 0.1) is 0 Å². The molecule has 2 bridgehead atoms. The maximum Gasteiger partial charge on any atom is 0.0336 e. The molecule has 2 nitrogen and oxygen atoms in total. The van der Waals surface area contributed by atoms with Gasteiger partial charge in [0.1, 0.15) is 0 Å². The molecule has 18 heavy (non-hydrogen) atoms. The Hall–Kier alpha value is -0.380. The van der Waals surface area contributed by atoms with Crippen LogP contribution >= 0.6 is 11.3 Å². The summed E-state index contributed by atoms with van der Waals surface area (Å²) in [6.45, 7) is 3.43. The van der Waals surface area contributed by atoms with Gasteiger partial charge in [-0.25, -0.2) is 0 Å². The molecule has 2 saturated heterocycles. The summed E-state index contributed by atoms with van der Waals surface area (Å²) in [6.07, 6.45) is 7.71. The second-order valence-electron chi connectivity index (χ2n) is 5.86. The zero-order valence-corrected chi connectivity index (χ0v) is 12.1. The van der Waals surface area contributed by atoms with Crippen LogP contribution in [-0.2, 0) is 13.0 Å². The fourth-order valence-electron chi connectivity index (χ4n) is 3.77. The topological polar surface area (TPSA) is 29.3 Å². The summed E-state index contributed by atoms with van der Waals surface area (Å²) in [5.74, 6) is 0. The number of hydrogen-bond acceptors (Lipinski definition) is 3. The third-order valence-corrected chi connectivity index (χ3v) is 5.66. The molecule has 0 aliphatic carbocycles. The predicted octanol–water partition coefficient (Wildman–Crippen LogP) is 3.15. The van der Waals surface area contributed by atoms with Gasteiger partial charge in [-0.1, -0.05) is 13.3 Å². The zero-order chi connectivity index (χ0) is 12.5. The van der Waals surface area contributed by atoms with E-state index < -0.39 is 0 Å². The SMILES string of the molecule is CCc1ccsc1CN1C2CCCC1CC(N)C2. The van der Waals surface area contributed by atoms with Crippen LogP contribution in [0.5, 0.6) is 0 Å². The van der Waals surface area contributed by atoms with Crippen LogP contribution in [0.25, 0.3) is 0 Å². The Morgan fingerprint density at radius 2 is 2.06 bits per heavy atom. The average Bonchev–Trinajstić information content (AvgIpc) is 2.77. The molecule has 3 rings (SSSR count). The summed E-state index contributed by atoms with van der Waals surface area (Å²) in [6, 6.07) is 4.25. The van der Waals surface area contributed by atoms with E-state index in [1.165, 1.54) is 45.1 Å². The van der Waals surface area contributed by atoms with Crippen molar-refractivity contribution in [2.24, 2.45) is 5.73 Å². The van der Waals surface area contributed by atoms with Crippen LogP contribution in [0.1, 0.15) is 49.5 Å². The molecule has 0 amide bonds. The molecule has 1 aromatic heterocycles. The van der Waals surface area contributed by atoms with Crippen molar-refractivity contribution >= 4 is 11.3 Å². The molecule has 100 valence electrons. The van der Waals surface area contributed by atoms with Crippen LogP contribution in [0.2, 0.25) is 0 Å². The zero-order valence-electron chi connectivity index (χ0n) is 11.3. The van der Waals surface area contributed by atoms with Gasteiger partial charge in [-0.3, -0.25) is 4.90 Å². The molecule has 3 heterocycles. The molecule has 2 aliphatic rings. The van der Waals surface area contributed by atoms with E-state index in [-0.39, 0.29) is 0 Å². The smallest absolute Gasteiger partial charge is 0.0336 e. The third kappa shape index (κ3) is 2.36. The quantitative estimate of drug-likeness (QED) is 0.908. The van der Waals surface area contributed by atoms with Crippen molar-refractivity contribution in [2.75, 3.05) is 0 Å². The number of fused-ring (bicyclic) bond motifs is 2. The van der Waals surface area contributed by atoms with Gasteiger partial charge >= 0.3 is 0 Å². The number of nitrogens with zero attached hydrogens (tertiary/aromatic N) is 1. The van der Waals surface area contributed by atoms with Crippen molar-refractivity contribution in [1.29, 1.82) is 0 Å². The molecule has 3 heteroatoms. The Labute approximate surface area is 114 Å². The van der Waals surface area contributed by atoms with E-state index in [9.17, 15) is 0 Å². The van der Waals surface area contributed by atoms with E-state index in [0.717, 1.165) is 12.1 Å². The summed E-state index contributed by atoms with van der Waals surface area (Å²) >= 11 is 1.93. The molecule has 2 atom stereocenters. The Morgan fingerprint density at radius 3 is 2.72 bits per heavy atom. The van der Waals surface area contributed by atoms with Crippen molar-refractivity contribution in [2.45, 2.75) is 70.1 Å². The number of hydrogen-bond donors (Lipinski definition) is 1. The van der Waals surface area contributed by atoms with Crippen molar-refractivity contribution < 1.29 is 0 Å². The van der Waals surface area contributed by atoms with E-state index in [1.807, 2.05) is 11.3 Å². The lowest BCUT2D eigenvalue weighted by Crippen LogP contribution is -2.54. The van der Waals surface area contributed by atoms with Gasteiger partial charge in [0, 0.05) is 29.5 Å². The first-order valence-electron chi connectivity index (χ1n) is 7.34. The van der Waals surface area contributed by atoms with Gasteiger partial charge in [0.25, 0.3) is 0 Å². The van der Waals surface area contributed by atoms with Crippen LogP contribution in [-0.4, -0.2) is 23.0 Å². The minimum Gasteiger partial charge on any atom is -0.328 e. The first kappa shape index (κ1) is 12.6. The summed E-state index contributed by atoms with van der Waals surface area (Å²) in [7, 11) is 0. The summed E-state index contributed by atoms with van der Waals surface area (Å²) in [5.41, 5.74) is 7.74. The minimum atomic E-state index is 0.450.